The van der Waals surface area contributed by atoms with Gasteiger partial charge in [-0.05, 0) is 86.0 Å². The van der Waals surface area contributed by atoms with Crippen LogP contribution in [-0.2, 0) is 11.2 Å². The smallest absolute Gasteiger partial charge is 0.303 e. The first-order valence-corrected chi connectivity index (χ1v) is 14.3. The van der Waals surface area contributed by atoms with Gasteiger partial charge in [-0.3, -0.25) is 9.69 Å². The predicted octanol–water partition coefficient (Wildman–Crippen LogP) is 7.58. The number of carbonyl (C=O) groups is 1. The van der Waals surface area contributed by atoms with E-state index in [2.05, 4.69) is 17.9 Å². The summed E-state index contributed by atoms with van der Waals surface area (Å²) in [5.41, 5.74) is 2.07. The Balaban J connectivity index is 1.66. The van der Waals surface area contributed by atoms with E-state index < -0.39 is 5.97 Å². The third-order valence-corrected chi connectivity index (χ3v) is 9.11. The second kappa shape index (κ2) is 12.5. The molecule has 4 rings (SSSR count). The maximum absolute atomic E-state index is 14.7. The first-order chi connectivity index (χ1) is 16.5. The molecule has 0 heterocycles. The molecule has 3 fully saturated rings. The Morgan fingerprint density at radius 3 is 2.06 bits per heavy atom. The lowest BCUT2D eigenvalue weighted by Crippen LogP contribution is -2.49. The van der Waals surface area contributed by atoms with Crippen molar-refractivity contribution in [2.75, 3.05) is 13.1 Å². The summed E-state index contributed by atoms with van der Waals surface area (Å²) >= 11 is 0. The van der Waals surface area contributed by atoms with Gasteiger partial charge in [-0.2, -0.15) is 0 Å². The molecule has 1 aromatic rings. The zero-order valence-corrected chi connectivity index (χ0v) is 21.3. The molecule has 3 nitrogen and oxygen atoms in total. The van der Waals surface area contributed by atoms with E-state index in [1.807, 2.05) is 0 Å². The van der Waals surface area contributed by atoms with Crippen molar-refractivity contribution in [2.45, 2.75) is 115 Å². The maximum atomic E-state index is 14.7. The quantitative estimate of drug-likeness (QED) is 0.403. The number of hydrogen-bond acceptors (Lipinski definition) is 2. The second-order valence-electron chi connectivity index (χ2n) is 11.6. The highest BCUT2D eigenvalue weighted by Crippen LogP contribution is 2.44. The van der Waals surface area contributed by atoms with Crippen molar-refractivity contribution in [3.8, 4) is 0 Å². The Labute approximate surface area is 206 Å². The molecule has 0 radical (unpaired) electrons. The van der Waals surface area contributed by atoms with E-state index >= 15 is 0 Å². The molecule has 0 amide bonds. The van der Waals surface area contributed by atoms with Gasteiger partial charge in [0.2, 0.25) is 0 Å². The molecule has 0 spiro atoms. The summed E-state index contributed by atoms with van der Waals surface area (Å²) < 4.78 is 14.7. The van der Waals surface area contributed by atoms with Crippen LogP contribution in [0.5, 0.6) is 0 Å². The van der Waals surface area contributed by atoms with Crippen LogP contribution in [0, 0.1) is 23.6 Å². The summed E-state index contributed by atoms with van der Waals surface area (Å²) in [7, 11) is 0. The number of hydrogen-bond donors (Lipinski definition) is 1. The summed E-state index contributed by atoms with van der Waals surface area (Å²) in [6, 6.07) is 5.87. The molecule has 0 aliphatic heterocycles. The number of rotatable bonds is 9. The molecule has 0 saturated heterocycles. The van der Waals surface area contributed by atoms with Gasteiger partial charge >= 0.3 is 5.97 Å². The predicted molar refractivity (Wildman–Crippen MR) is 137 cm³/mol. The Hall–Kier alpha value is -1.42. The van der Waals surface area contributed by atoms with Crippen LogP contribution < -0.4 is 0 Å². The van der Waals surface area contributed by atoms with Gasteiger partial charge in [0.05, 0.1) is 0 Å². The Bertz CT molecular complexity index is 764. The molecule has 0 aromatic heterocycles. The maximum Gasteiger partial charge on any atom is 0.303 e. The Morgan fingerprint density at radius 2 is 1.50 bits per heavy atom. The molecular weight excluding hydrogens is 425 g/mol. The van der Waals surface area contributed by atoms with E-state index in [9.17, 15) is 14.3 Å². The molecule has 4 heteroatoms. The third kappa shape index (κ3) is 6.83. The lowest BCUT2D eigenvalue weighted by atomic mass is 9.69. The van der Waals surface area contributed by atoms with Gasteiger partial charge in [-0.25, -0.2) is 4.39 Å². The number of aliphatic carboxylic acids is 1. The zero-order chi connectivity index (χ0) is 23.9. The standard InChI is InChI=1S/C30H46FNO2/c1-2-22-16-26(18-27(31)17-22)30-25(19-29(33)34)14-9-15-28(30)32(20-23-10-5-3-6-11-23)21-24-12-7-4-8-13-24/h16-18,23-25,28,30H,2-15,19-21H2,1H3,(H,33,34). The summed E-state index contributed by atoms with van der Waals surface area (Å²) in [6.07, 6.45) is 17.6. The van der Waals surface area contributed by atoms with E-state index in [0.717, 1.165) is 61.7 Å². The van der Waals surface area contributed by atoms with Crippen molar-refractivity contribution in [3.63, 3.8) is 0 Å². The van der Waals surface area contributed by atoms with Crippen LogP contribution in [0.3, 0.4) is 0 Å². The summed E-state index contributed by atoms with van der Waals surface area (Å²) in [6.45, 7) is 4.37. The van der Waals surface area contributed by atoms with Crippen LogP contribution in [-0.4, -0.2) is 35.1 Å². The lowest BCUT2D eigenvalue weighted by molar-refractivity contribution is -0.138. The van der Waals surface area contributed by atoms with E-state index in [0.29, 0.717) is 6.04 Å². The van der Waals surface area contributed by atoms with Crippen LogP contribution >= 0.6 is 0 Å². The fourth-order valence-corrected chi connectivity index (χ4v) is 7.44. The highest BCUT2D eigenvalue weighted by molar-refractivity contribution is 5.67. The lowest BCUT2D eigenvalue weighted by Gasteiger charge is -2.47. The van der Waals surface area contributed by atoms with Crippen LogP contribution in [0.4, 0.5) is 4.39 Å². The molecule has 3 aliphatic rings. The van der Waals surface area contributed by atoms with E-state index in [1.54, 1.807) is 12.1 Å². The van der Waals surface area contributed by atoms with Crippen LogP contribution in [0.1, 0.15) is 114 Å². The van der Waals surface area contributed by atoms with Gasteiger partial charge in [0.25, 0.3) is 0 Å². The monoisotopic (exact) mass is 471 g/mol. The fraction of sp³-hybridized carbons (Fsp3) is 0.767. The minimum atomic E-state index is -0.714. The number of carboxylic acid groups (broad SMARTS) is 1. The minimum Gasteiger partial charge on any atom is -0.481 e. The van der Waals surface area contributed by atoms with Crippen molar-refractivity contribution in [2.24, 2.45) is 17.8 Å². The van der Waals surface area contributed by atoms with E-state index in [4.69, 9.17) is 0 Å². The highest BCUT2D eigenvalue weighted by Gasteiger charge is 2.40. The van der Waals surface area contributed by atoms with E-state index in [-0.39, 0.29) is 24.1 Å². The van der Waals surface area contributed by atoms with Crippen molar-refractivity contribution in [1.29, 1.82) is 0 Å². The number of benzene rings is 1. The zero-order valence-electron chi connectivity index (χ0n) is 21.3. The molecule has 3 aliphatic carbocycles. The molecular formula is C30H46FNO2. The molecule has 34 heavy (non-hydrogen) atoms. The molecule has 3 unspecified atom stereocenters. The second-order valence-corrected chi connectivity index (χ2v) is 11.6. The van der Waals surface area contributed by atoms with Gasteiger partial charge in [0.1, 0.15) is 5.82 Å². The third-order valence-electron chi connectivity index (χ3n) is 9.11. The van der Waals surface area contributed by atoms with Crippen LogP contribution in [0.15, 0.2) is 18.2 Å². The average molecular weight is 472 g/mol. The summed E-state index contributed by atoms with van der Waals surface area (Å²) in [5, 5.41) is 9.75. The summed E-state index contributed by atoms with van der Waals surface area (Å²) in [4.78, 5) is 14.6. The first-order valence-electron chi connectivity index (χ1n) is 14.3. The molecule has 190 valence electrons. The number of aryl methyl sites for hydroxylation is 1. The fourth-order valence-electron chi connectivity index (χ4n) is 7.44. The minimum absolute atomic E-state index is 0.0861. The van der Waals surface area contributed by atoms with Crippen LogP contribution in [0.25, 0.3) is 0 Å². The van der Waals surface area contributed by atoms with Gasteiger partial charge in [0, 0.05) is 31.5 Å². The van der Waals surface area contributed by atoms with E-state index in [1.165, 1.54) is 64.2 Å². The largest absolute Gasteiger partial charge is 0.481 e. The van der Waals surface area contributed by atoms with Gasteiger partial charge in [-0.1, -0.05) is 57.9 Å². The summed E-state index contributed by atoms with van der Waals surface area (Å²) in [5.74, 6) is 0.835. The number of halogens is 1. The van der Waals surface area contributed by atoms with Gasteiger partial charge < -0.3 is 5.11 Å². The SMILES string of the molecule is CCc1cc(F)cc(C2C(CC(=O)O)CCCC2N(CC2CCCCC2)CC2CCCCC2)c1. The van der Waals surface area contributed by atoms with Crippen molar-refractivity contribution < 1.29 is 14.3 Å². The topological polar surface area (TPSA) is 40.5 Å². The van der Waals surface area contributed by atoms with Crippen LogP contribution in [0.2, 0.25) is 0 Å². The number of nitrogens with zero attached hydrogens (tertiary/aromatic N) is 1. The molecule has 1 N–H and O–H groups in total. The van der Waals surface area contributed by atoms with Crippen molar-refractivity contribution >= 4 is 5.97 Å². The van der Waals surface area contributed by atoms with Crippen molar-refractivity contribution in [1.82, 2.24) is 4.90 Å². The molecule has 1 aromatic carbocycles. The molecule has 3 saturated carbocycles. The number of carboxylic acids is 1. The first kappa shape index (κ1) is 25.7. The molecule has 0 bridgehead atoms. The average Bonchev–Trinajstić information content (AvgIpc) is 2.84. The molecule has 3 atom stereocenters. The van der Waals surface area contributed by atoms with Gasteiger partial charge in [0.15, 0.2) is 0 Å². The normalized spacial score (nSPS) is 27.2. The highest BCUT2D eigenvalue weighted by atomic mass is 19.1. The Kier molecular flexibility index (Phi) is 9.45. The van der Waals surface area contributed by atoms with Crippen molar-refractivity contribution in [3.05, 3.63) is 35.1 Å². The van der Waals surface area contributed by atoms with Gasteiger partial charge in [-0.15, -0.1) is 0 Å². The Morgan fingerprint density at radius 1 is 0.882 bits per heavy atom.